The van der Waals surface area contributed by atoms with E-state index in [1.54, 1.807) is 0 Å². The quantitative estimate of drug-likeness (QED) is 0.387. The van der Waals surface area contributed by atoms with Crippen LogP contribution < -0.4 is 0 Å². The van der Waals surface area contributed by atoms with E-state index < -0.39 is 34.6 Å². The van der Waals surface area contributed by atoms with Crippen molar-refractivity contribution in [3.05, 3.63) is 50.2 Å². The molecule has 0 saturated heterocycles. The van der Waals surface area contributed by atoms with Crippen LogP contribution in [0.15, 0.2) is 18.2 Å². The van der Waals surface area contributed by atoms with Crippen LogP contribution in [0.3, 0.4) is 0 Å². The molecule has 0 aliphatic carbocycles. The highest BCUT2D eigenvalue weighted by molar-refractivity contribution is 6.40. The highest BCUT2D eigenvalue weighted by Crippen LogP contribution is 2.41. The molecule has 1 aromatic carbocycles. The third kappa shape index (κ3) is 3.55. The first-order valence-electron chi connectivity index (χ1n) is 7.00. The minimum atomic E-state index is -5.11. The first-order chi connectivity index (χ1) is 12.3. The highest BCUT2D eigenvalue weighted by Gasteiger charge is 2.41. The molecule has 0 amide bonds. The van der Waals surface area contributed by atoms with Crippen LogP contribution in [-0.2, 0) is 12.4 Å². The number of aryl methyl sites for hydroxylation is 1. The van der Waals surface area contributed by atoms with Gasteiger partial charge in [0.15, 0.2) is 5.65 Å². The standard InChI is InChI=1S/C15H6Cl3F6N3/c1-5-11-7(14(19,20)21)4-10(15(22,23)24)25-13(11)27(26-5)12-8(17)2-6(16)3-9(12)18/h2-4H,1H3. The van der Waals surface area contributed by atoms with Crippen LogP contribution in [-0.4, -0.2) is 14.8 Å². The molecule has 0 saturated carbocycles. The van der Waals surface area contributed by atoms with Crippen molar-refractivity contribution in [3.8, 4) is 5.69 Å². The fourth-order valence-electron chi connectivity index (χ4n) is 2.55. The first-order valence-corrected chi connectivity index (χ1v) is 8.13. The second kappa shape index (κ2) is 6.42. The summed E-state index contributed by atoms with van der Waals surface area (Å²) in [5.41, 5.74) is -4.24. The van der Waals surface area contributed by atoms with Gasteiger partial charge in [-0.2, -0.15) is 31.4 Å². The molecule has 3 nitrogen and oxygen atoms in total. The molecule has 0 aliphatic heterocycles. The van der Waals surface area contributed by atoms with Crippen molar-refractivity contribution in [2.75, 3.05) is 0 Å². The number of nitrogens with zero attached hydrogens (tertiary/aromatic N) is 3. The maximum Gasteiger partial charge on any atom is 0.433 e. The van der Waals surface area contributed by atoms with Gasteiger partial charge in [0.1, 0.15) is 11.4 Å². The van der Waals surface area contributed by atoms with Gasteiger partial charge in [-0.3, -0.25) is 0 Å². The van der Waals surface area contributed by atoms with Gasteiger partial charge in [0.25, 0.3) is 0 Å². The maximum absolute atomic E-state index is 13.4. The van der Waals surface area contributed by atoms with E-state index in [0.717, 1.165) is 4.68 Å². The molecule has 27 heavy (non-hydrogen) atoms. The van der Waals surface area contributed by atoms with Crippen molar-refractivity contribution in [1.29, 1.82) is 0 Å². The second-order valence-electron chi connectivity index (χ2n) is 5.46. The Balaban J connectivity index is 2.48. The number of aromatic nitrogens is 3. The van der Waals surface area contributed by atoms with Gasteiger partial charge in [-0.25, -0.2) is 9.67 Å². The zero-order valence-corrected chi connectivity index (χ0v) is 15.2. The summed E-state index contributed by atoms with van der Waals surface area (Å²) >= 11 is 17.9. The summed E-state index contributed by atoms with van der Waals surface area (Å²) in [6.07, 6.45) is -10.2. The summed E-state index contributed by atoms with van der Waals surface area (Å²) in [6.45, 7) is 1.21. The lowest BCUT2D eigenvalue weighted by molar-refractivity contribution is -0.144. The number of fused-ring (bicyclic) bond motifs is 1. The van der Waals surface area contributed by atoms with Gasteiger partial charge in [0, 0.05) is 5.02 Å². The Morgan fingerprint density at radius 3 is 1.93 bits per heavy atom. The van der Waals surface area contributed by atoms with E-state index in [0.29, 0.717) is 0 Å². The average molecular weight is 449 g/mol. The molecular formula is C15H6Cl3F6N3. The lowest BCUT2D eigenvalue weighted by Gasteiger charge is -2.14. The van der Waals surface area contributed by atoms with E-state index in [-0.39, 0.29) is 32.5 Å². The minimum absolute atomic E-state index is 0.0492. The molecule has 0 radical (unpaired) electrons. The molecule has 12 heteroatoms. The summed E-state index contributed by atoms with van der Waals surface area (Å²) in [5.74, 6) is 0. The summed E-state index contributed by atoms with van der Waals surface area (Å²) in [7, 11) is 0. The summed E-state index contributed by atoms with van der Waals surface area (Å²) in [4.78, 5) is 3.35. The van der Waals surface area contributed by atoms with Crippen molar-refractivity contribution in [2.24, 2.45) is 0 Å². The van der Waals surface area contributed by atoms with Gasteiger partial charge in [-0.05, 0) is 25.1 Å². The van der Waals surface area contributed by atoms with Gasteiger partial charge in [0.2, 0.25) is 0 Å². The van der Waals surface area contributed by atoms with Gasteiger partial charge < -0.3 is 0 Å². The lowest BCUT2D eigenvalue weighted by atomic mass is 10.1. The summed E-state index contributed by atoms with van der Waals surface area (Å²) in [5, 5.41) is 3.18. The van der Waals surface area contributed by atoms with E-state index in [1.807, 2.05) is 0 Å². The second-order valence-corrected chi connectivity index (χ2v) is 6.72. The fourth-order valence-corrected chi connectivity index (χ4v) is 3.53. The monoisotopic (exact) mass is 447 g/mol. The van der Waals surface area contributed by atoms with E-state index in [9.17, 15) is 26.3 Å². The van der Waals surface area contributed by atoms with Crippen molar-refractivity contribution in [3.63, 3.8) is 0 Å². The topological polar surface area (TPSA) is 30.7 Å². The lowest BCUT2D eigenvalue weighted by Crippen LogP contribution is -2.14. The smallest absolute Gasteiger partial charge is 0.223 e. The van der Waals surface area contributed by atoms with Crippen molar-refractivity contribution < 1.29 is 26.3 Å². The Morgan fingerprint density at radius 1 is 0.889 bits per heavy atom. The van der Waals surface area contributed by atoms with Crippen LogP contribution in [0.1, 0.15) is 17.0 Å². The van der Waals surface area contributed by atoms with Gasteiger partial charge in [-0.15, -0.1) is 0 Å². The van der Waals surface area contributed by atoms with Crippen molar-refractivity contribution in [1.82, 2.24) is 14.8 Å². The fraction of sp³-hybridized carbons (Fsp3) is 0.200. The van der Waals surface area contributed by atoms with E-state index >= 15 is 0 Å². The molecular weight excluding hydrogens is 443 g/mol. The number of benzene rings is 1. The molecule has 0 atom stereocenters. The molecule has 0 fully saturated rings. The van der Waals surface area contributed by atoms with Crippen LogP contribution in [0, 0.1) is 6.92 Å². The van der Waals surface area contributed by atoms with E-state index in [4.69, 9.17) is 34.8 Å². The SMILES string of the molecule is Cc1nn(-c2c(Cl)cc(Cl)cc2Cl)c2nc(C(F)(F)F)cc(C(F)(F)F)c12. The van der Waals surface area contributed by atoms with Gasteiger partial charge in [0.05, 0.1) is 26.7 Å². The zero-order chi connectivity index (χ0) is 20.3. The third-order valence-electron chi connectivity index (χ3n) is 3.60. The van der Waals surface area contributed by atoms with Crippen molar-refractivity contribution >= 4 is 45.8 Å². The number of rotatable bonds is 1. The molecule has 3 rings (SSSR count). The summed E-state index contributed by atoms with van der Waals surface area (Å²) < 4.78 is 80.2. The van der Waals surface area contributed by atoms with Crippen LogP contribution in [0.25, 0.3) is 16.7 Å². The number of pyridine rings is 1. The maximum atomic E-state index is 13.4. The Bertz CT molecular complexity index is 1030. The molecule has 2 aromatic heterocycles. The van der Waals surface area contributed by atoms with Crippen LogP contribution in [0.5, 0.6) is 0 Å². The van der Waals surface area contributed by atoms with Gasteiger partial charge in [-0.1, -0.05) is 34.8 Å². The number of alkyl halides is 6. The van der Waals surface area contributed by atoms with E-state index in [2.05, 4.69) is 10.1 Å². The molecule has 0 N–H and O–H groups in total. The van der Waals surface area contributed by atoms with Crippen LogP contribution >= 0.6 is 34.8 Å². The third-order valence-corrected chi connectivity index (χ3v) is 4.40. The summed E-state index contributed by atoms with van der Waals surface area (Å²) in [6, 6.07) is 2.41. The number of halogens is 9. The first kappa shape index (κ1) is 20.0. The largest absolute Gasteiger partial charge is 0.433 e. The molecule has 0 bridgehead atoms. The molecule has 144 valence electrons. The normalized spacial score (nSPS) is 12.8. The van der Waals surface area contributed by atoms with Crippen LogP contribution in [0.2, 0.25) is 15.1 Å². The molecule has 0 spiro atoms. The predicted molar refractivity (Wildman–Crippen MR) is 88.6 cm³/mol. The Labute approximate surface area is 162 Å². The Hall–Kier alpha value is -1.71. The predicted octanol–water partition coefficient (Wildman–Crippen LogP) is 6.73. The number of hydrogen-bond donors (Lipinski definition) is 0. The van der Waals surface area contributed by atoms with E-state index in [1.165, 1.54) is 19.1 Å². The van der Waals surface area contributed by atoms with Crippen LogP contribution in [0.4, 0.5) is 26.3 Å². The number of hydrogen-bond acceptors (Lipinski definition) is 2. The zero-order valence-electron chi connectivity index (χ0n) is 13.0. The minimum Gasteiger partial charge on any atom is -0.223 e. The Morgan fingerprint density at radius 2 is 1.44 bits per heavy atom. The highest BCUT2D eigenvalue weighted by atomic mass is 35.5. The Kier molecular flexibility index (Phi) is 4.77. The molecule has 0 unspecified atom stereocenters. The molecule has 2 heterocycles. The molecule has 0 aliphatic rings. The van der Waals surface area contributed by atoms with Crippen molar-refractivity contribution in [2.45, 2.75) is 19.3 Å². The average Bonchev–Trinajstić information content (AvgIpc) is 2.80. The molecule has 3 aromatic rings. The van der Waals surface area contributed by atoms with Gasteiger partial charge >= 0.3 is 12.4 Å².